The van der Waals surface area contributed by atoms with Gasteiger partial charge in [0.25, 0.3) is 0 Å². The molecule has 1 nitrogen and oxygen atoms in total. The molecule has 0 saturated carbocycles. The SMILES string of the molecule is CSC=C[O]. The number of hydrogen-bond acceptors (Lipinski definition) is 1. The number of hydrogen-bond donors (Lipinski definition) is 0. The molecule has 29 valence electrons. The zero-order chi connectivity index (χ0) is 4.12. The van der Waals surface area contributed by atoms with Crippen molar-refractivity contribution in [2.45, 2.75) is 0 Å². The second kappa shape index (κ2) is 3.89. The third-order valence-electron chi connectivity index (χ3n) is 0.192. The molecule has 0 aromatic rings. The van der Waals surface area contributed by atoms with E-state index in [9.17, 15) is 5.11 Å². The fourth-order valence-electron chi connectivity index (χ4n) is 0.0556. The lowest BCUT2D eigenvalue weighted by Crippen LogP contribution is -1.38. The Morgan fingerprint density at radius 1 is 1.80 bits per heavy atom. The molecular weight excluding hydrogens is 84.1 g/mol. The van der Waals surface area contributed by atoms with Crippen LogP contribution in [-0.4, -0.2) is 6.26 Å². The van der Waals surface area contributed by atoms with E-state index in [1.54, 1.807) is 0 Å². The molecule has 0 amide bonds. The molecule has 0 aromatic heterocycles. The third-order valence-corrected chi connectivity index (χ3v) is 0.575. The summed E-state index contributed by atoms with van der Waals surface area (Å²) in [5.74, 6) is 0. The molecule has 0 atom stereocenters. The highest BCUT2D eigenvalue weighted by molar-refractivity contribution is 8.01. The van der Waals surface area contributed by atoms with E-state index < -0.39 is 0 Å². The van der Waals surface area contributed by atoms with Crippen molar-refractivity contribution in [3.05, 3.63) is 11.7 Å². The first kappa shape index (κ1) is 4.89. The topological polar surface area (TPSA) is 19.9 Å². The first-order valence-electron chi connectivity index (χ1n) is 1.21. The van der Waals surface area contributed by atoms with E-state index in [2.05, 4.69) is 0 Å². The Hall–Kier alpha value is -0.110. The molecule has 5 heavy (non-hydrogen) atoms. The summed E-state index contributed by atoms with van der Waals surface area (Å²) in [7, 11) is 0. The summed E-state index contributed by atoms with van der Waals surface area (Å²) in [5, 5.41) is 10.8. The van der Waals surface area contributed by atoms with E-state index in [0.717, 1.165) is 6.26 Å². The first-order chi connectivity index (χ1) is 2.41. The van der Waals surface area contributed by atoms with Gasteiger partial charge in [0.1, 0.15) is 6.26 Å². The van der Waals surface area contributed by atoms with Crippen molar-refractivity contribution >= 4 is 11.8 Å². The Balaban J connectivity index is 2.62. The Labute approximate surface area is 35.7 Å². The van der Waals surface area contributed by atoms with Gasteiger partial charge in [-0.2, -0.15) is 0 Å². The minimum absolute atomic E-state index is 0.769. The quantitative estimate of drug-likeness (QED) is 0.442. The minimum Gasteiger partial charge on any atom is -0.298 e. The van der Waals surface area contributed by atoms with E-state index in [0.29, 0.717) is 0 Å². The standard InChI is InChI=1S/C3H5OS/c1-5-3-2-4/h2-3H,1H3. The summed E-state index contributed by atoms with van der Waals surface area (Å²) in [6.45, 7) is 0. The van der Waals surface area contributed by atoms with Crippen LogP contribution in [0.3, 0.4) is 0 Å². The Morgan fingerprint density at radius 3 is 2.40 bits per heavy atom. The van der Waals surface area contributed by atoms with Gasteiger partial charge in [0.05, 0.1) is 0 Å². The van der Waals surface area contributed by atoms with Crippen LogP contribution in [-0.2, 0) is 5.11 Å². The van der Waals surface area contributed by atoms with Gasteiger partial charge in [-0.1, -0.05) is 0 Å². The highest BCUT2D eigenvalue weighted by Gasteiger charge is 1.55. The molecule has 0 fully saturated rings. The highest BCUT2D eigenvalue weighted by Crippen LogP contribution is 1.89. The largest absolute Gasteiger partial charge is 0.298 e. The molecule has 1 radical (unpaired) electrons. The zero-order valence-electron chi connectivity index (χ0n) is 2.97. The monoisotopic (exact) mass is 89.0 g/mol. The van der Waals surface area contributed by atoms with E-state index in [4.69, 9.17) is 0 Å². The summed E-state index contributed by atoms with van der Waals surface area (Å²) in [5.41, 5.74) is 0. The molecular formula is C3H5OS. The van der Waals surface area contributed by atoms with Gasteiger partial charge < -0.3 is 0 Å². The lowest BCUT2D eigenvalue weighted by atomic mass is 11.2. The molecule has 0 N–H and O–H groups in total. The normalized spacial score (nSPS) is 9.80. The maximum absolute atomic E-state index is 9.33. The van der Waals surface area contributed by atoms with Crippen molar-refractivity contribution in [1.82, 2.24) is 0 Å². The summed E-state index contributed by atoms with van der Waals surface area (Å²) in [4.78, 5) is 0. The molecule has 0 heterocycles. The molecule has 0 rings (SSSR count). The summed E-state index contributed by atoms with van der Waals surface area (Å²) in [6, 6.07) is 0. The van der Waals surface area contributed by atoms with Crippen LogP contribution in [0.5, 0.6) is 0 Å². The Morgan fingerprint density at radius 2 is 2.40 bits per heavy atom. The number of rotatable bonds is 1. The van der Waals surface area contributed by atoms with Gasteiger partial charge in [0, 0.05) is 5.41 Å². The van der Waals surface area contributed by atoms with Gasteiger partial charge in [0.15, 0.2) is 0 Å². The van der Waals surface area contributed by atoms with Crippen molar-refractivity contribution in [2.75, 3.05) is 6.26 Å². The zero-order valence-corrected chi connectivity index (χ0v) is 3.79. The summed E-state index contributed by atoms with van der Waals surface area (Å²) < 4.78 is 0. The first-order valence-corrected chi connectivity index (χ1v) is 2.50. The van der Waals surface area contributed by atoms with Crippen molar-refractivity contribution in [2.24, 2.45) is 0 Å². The van der Waals surface area contributed by atoms with Gasteiger partial charge in [-0.3, -0.25) is 5.11 Å². The minimum atomic E-state index is 0.769. The van der Waals surface area contributed by atoms with Crippen molar-refractivity contribution < 1.29 is 5.11 Å². The molecule has 2 heteroatoms. The predicted octanol–water partition coefficient (Wildman–Crippen LogP) is 1.25. The Bertz CT molecular complexity index is 33.9. The average molecular weight is 89.1 g/mol. The van der Waals surface area contributed by atoms with Crippen LogP contribution in [0.25, 0.3) is 0 Å². The molecule has 0 spiro atoms. The predicted molar refractivity (Wildman–Crippen MR) is 23.3 cm³/mol. The maximum atomic E-state index is 9.33. The van der Waals surface area contributed by atoms with E-state index in [1.165, 1.54) is 17.2 Å². The molecule has 0 aliphatic heterocycles. The maximum Gasteiger partial charge on any atom is 0.149 e. The highest BCUT2D eigenvalue weighted by atomic mass is 32.2. The second-order valence-corrected chi connectivity index (χ2v) is 1.25. The van der Waals surface area contributed by atoms with E-state index in [-0.39, 0.29) is 0 Å². The van der Waals surface area contributed by atoms with Crippen molar-refractivity contribution in [1.29, 1.82) is 0 Å². The van der Waals surface area contributed by atoms with Gasteiger partial charge >= 0.3 is 0 Å². The second-order valence-electron chi connectivity index (χ2n) is 0.508. The van der Waals surface area contributed by atoms with Crippen molar-refractivity contribution in [3.63, 3.8) is 0 Å². The molecule has 0 bridgehead atoms. The lowest BCUT2D eigenvalue weighted by Gasteiger charge is -1.63. The molecule has 0 aliphatic carbocycles. The van der Waals surface area contributed by atoms with Gasteiger partial charge in [0.2, 0.25) is 0 Å². The fourth-order valence-corrected chi connectivity index (χ4v) is 0.167. The number of thioether (sulfide) groups is 1. The lowest BCUT2D eigenvalue weighted by molar-refractivity contribution is 0.353. The van der Waals surface area contributed by atoms with Crippen LogP contribution in [0, 0.1) is 0 Å². The van der Waals surface area contributed by atoms with Crippen LogP contribution >= 0.6 is 11.8 Å². The van der Waals surface area contributed by atoms with Gasteiger partial charge in [-0.15, -0.1) is 11.8 Å². The van der Waals surface area contributed by atoms with Gasteiger partial charge in [-0.25, -0.2) is 0 Å². The van der Waals surface area contributed by atoms with Crippen LogP contribution in [0.15, 0.2) is 11.7 Å². The smallest absolute Gasteiger partial charge is 0.149 e. The fraction of sp³-hybridized carbons (Fsp3) is 0.333. The van der Waals surface area contributed by atoms with Gasteiger partial charge in [-0.05, 0) is 6.26 Å². The molecule has 0 aliphatic rings. The average Bonchev–Trinajstić information content (AvgIpc) is 1.41. The third kappa shape index (κ3) is 3.89. The molecule has 0 aromatic carbocycles. The molecule has 0 saturated heterocycles. The Kier molecular flexibility index (Phi) is 3.80. The summed E-state index contributed by atoms with van der Waals surface area (Å²) in [6.07, 6.45) is 2.61. The van der Waals surface area contributed by atoms with Crippen molar-refractivity contribution in [3.8, 4) is 0 Å². The molecule has 0 unspecified atom stereocenters. The van der Waals surface area contributed by atoms with Crippen LogP contribution in [0.1, 0.15) is 0 Å². The van der Waals surface area contributed by atoms with Crippen LogP contribution in [0.2, 0.25) is 0 Å². The van der Waals surface area contributed by atoms with Crippen LogP contribution in [0.4, 0.5) is 0 Å². The van der Waals surface area contributed by atoms with E-state index in [1.807, 2.05) is 6.26 Å². The van der Waals surface area contributed by atoms with Crippen LogP contribution < -0.4 is 0 Å². The van der Waals surface area contributed by atoms with E-state index >= 15 is 0 Å². The summed E-state index contributed by atoms with van der Waals surface area (Å²) >= 11 is 1.41.